The molecule has 0 N–H and O–H groups in total. The normalized spacial score (nSPS) is 20.7. The van der Waals surface area contributed by atoms with Crippen LogP contribution in [-0.2, 0) is 21.2 Å². The fraction of sp³-hybridized carbons (Fsp3) is 0.552. The third-order valence-electron chi connectivity index (χ3n) is 7.26. The van der Waals surface area contributed by atoms with E-state index in [0.717, 1.165) is 25.7 Å². The van der Waals surface area contributed by atoms with E-state index in [2.05, 4.69) is 11.0 Å². The van der Waals surface area contributed by atoms with Crippen LogP contribution in [0.3, 0.4) is 0 Å². The molecule has 2 bridgehead atoms. The van der Waals surface area contributed by atoms with Crippen LogP contribution in [0, 0.1) is 11.3 Å². The van der Waals surface area contributed by atoms with E-state index in [4.69, 9.17) is 24.2 Å². The van der Waals surface area contributed by atoms with Crippen molar-refractivity contribution in [3.63, 3.8) is 0 Å². The summed E-state index contributed by atoms with van der Waals surface area (Å²) in [5, 5.41) is 9.06. The van der Waals surface area contributed by atoms with Crippen molar-refractivity contribution >= 4 is 10.0 Å². The Morgan fingerprint density at radius 2 is 1.69 bits per heavy atom. The molecule has 2 aromatic carbocycles. The number of benzene rings is 2. The van der Waals surface area contributed by atoms with E-state index >= 15 is 0 Å². The van der Waals surface area contributed by atoms with Gasteiger partial charge in [0, 0.05) is 32.2 Å². The zero-order valence-electron chi connectivity index (χ0n) is 23.0. The molecule has 212 valence electrons. The number of ether oxygens (including phenoxy) is 4. The molecule has 9 nitrogen and oxygen atoms in total. The maximum atomic E-state index is 12.9. The summed E-state index contributed by atoms with van der Waals surface area (Å²) < 4.78 is 50.9. The summed E-state index contributed by atoms with van der Waals surface area (Å²) in [6, 6.07) is 15.4. The predicted octanol–water partition coefficient (Wildman–Crippen LogP) is 3.82. The number of morpholine rings is 2. The van der Waals surface area contributed by atoms with E-state index in [1.54, 1.807) is 18.5 Å². The highest BCUT2D eigenvalue weighted by Gasteiger charge is 2.41. The Kier molecular flexibility index (Phi) is 10.1. The van der Waals surface area contributed by atoms with Gasteiger partial charge in [0.1, 0.15) is 5.75 Å². The first kappa shape index (κ1) is 29.2. The van der Waals surface area contributed by atoms with Crippen LogP contribution in [0.5, 0.6) is 17.2 Å². The number of fused-ring (bicyclic) bond motifs is 2. The molecule has 2 aromatic rings. The Morgan fingerprint density at radius 3 is 2.31 bits per heavy atom. The van der Waals surface area contributed by atoms with E-state index in [1.807, 2.05) is 49.4 Å². The molecule has 2 saturated heterocycles. The van der Waals surface area contributed by atoms with Gasteiger partial charge in [-0.1, -0.05) is 25.5 Å². The molecule has 0 saturated carbocycles. The molecule has 3 unspecified atom stereocenters. The quantitative estimate of drug-likeness (QED) is 0.366. The van der Waals surface area contributed by atoms with Crippen molar-refractivity contribution < 1.29 is 27.4 Å². The molecule has 2 fully saturated rings. The Morgan fingerprint density at radius 1 is 1.00 bits per heavy atom. The molecular weight excluding hydrogens is 518 g/mol. The highest BCUT2D eigenvalue weighted by molar-refractivity contribution is 7.89. The molecule has 0 amide bonds. The van der Waals surface area contributed by atoms with Crippen LogP contribution in [0.2, 0.25) is 0 Å². The number of aryl methyl sites for hydroxylation is 1. The van der Waals surface area contributed by atoms with Crippen LogP contribution in [0.1, 0.15) is 43.7 Å². The molecule has 39 heavy (non-hydrogen) atoms. The molecule has 4 rings (SSSR count). The second-order valence-electron chi connectivity index (χ2n) is 10.1. The SMILES string of the molecule is CCCCS(=O)(=O)N1CC2CN(C(CCCc3ccc(C#N)cc3)Oc3ccc(OC)c(OC)c3)CC(C1)O2. The second kappa shape index (κ2) is 13.5. The predicted molar refractivity (Wildman–Crippen MR) is 149 cm³/mol. The Labute approximate surface area is 232 Å². The lowest BCUT2D eigenvalue weighted by Crippen LogP contribution is -2.62. The lowest BCUT2D eigenvalue weighted by Gasteiger charge is -2.47. The van der Waals surface area contributed by atoms with Gasteiger partial charge >= 0.3 is 0 Å². The molecule has 0 aliphatic carbocycles. The summed E-state index contributed by atoms with van der Waals surface area (Å²) in [5.41, 5.74) is 1.82. The second-order valence-corrected chi connectivity index (χ2v) is 12.2. The van der Waals surface area contributed by atoms with Crippen molar-refractivity contribution in [2.24, 2.45) is 0 Å². The van der Waals surface area contributed by atoms with Gasteiger partial charge in [-0.15, -0.1) is 0 Å². The Bertz CT molecular complexity index is 1220. The average Bonchev–Trinajstić information content (AvgIpc) is 2.95. The first-order chi connectivity index (χ1) is 18.8. The highest BCUT2D eigenvalue weighted by Crippen LogP contribution is 2.33. The van der Waals surface area contributed by atoms with E-state index in [0.29, 0.717) is 55.4 Å². The minimum Gasteiger partial charge on any atom is -0.493 e. The van der Waals surface area contributed by atoms with Gasteiger partial charge in [-0.2, -0.15) is 9.57 Å². The molecular formula is C29H39N3O6S. The zero-order chi connectivity index (χ0) is 27.8. The minimum absolute atomic E-state index is 0.188. The smallest absolute Gasteiger partial charge is 0.214 e. The summed E-state index contributed by atoms with van der Waals surface area (Å²) >= 11 is 0. The van der Waals surface area contributed by atoms with Crippen LogP contribution in [0.4, 0.5) is 0 Å². The number of rotatable bonds is 13. The number of nitrogens with zero attached hydrogens (tertiary/aromatic N) is 3. The third-order valence-corrected chi connectivity index (χ3v) is 9.15. The number of nitriles is 1. The average molecular weight is 558 g/mol. The van der Waals surface area contributed by atoms with Gasteiger partial charge in [0.15, 0.2) is 17.7 Å². The van der Waals surface area contributed by atoms with Crippen molar-refractivity contribution in [3.8, 4) is 23.3 Å². The van der Waals surface area contributed by atoms with Crippen LogP contribution in [-0.4, -0.2) is 82.2 Å². The molecule has 0 radical (unpaired) electrons. The highest BCUT2D eigenvalue weighted by atomic mass is 32.2. The number of hydrogen-bond acceptors (Lipinski definition) is 8. The fourth-order valence-electron chi connectivity index (χ4n) is 5.19. The van der Waals surface area contributed by atoms with E-state index in [9.17, 15) is 8.42 Å². The molecule has 3 atom stereocenters. The van der Waals surface area contributed by atoms with Crippen molar-refractivity contribution in [1.29, 1.82) is 5.26 Å². The van der Waals surface area contributed by atoms with Gasteiger partial charge in [-0.25, -0.2) is 8.42 Å². The minimum atomic E-state index is -3.28. The van der Waals surface area contributed by atoms with E-state index in [1.165, 1.54) is 5.56 Å². The Hall–Kier alpha value is -2.84. The summed E-state index contributed by atoms with van der Waals surface area (Å²) in [7, 11) is -0.0832. The van der Waals surface area contributed by atoms with Crippen LogP contribution in [0.25, 0.3) is 0 Å². The van der Waals surface area contributed by atoms with Crippen molar-refractivity contribution in [2.45, 2.75) is 57.5 Å². The molecule has 10 heteroatoms. The number of methoxy groups -OCH3 is 2. The first-order valence-corrected chi connectivity index (χ1v) is 15.2. The van der Waals surface area contributed by atoms with Crippen molar-refractivity contribution in [1.82, 2.24) is 9.21 Å². The maximum Gasteiger partial charge on any atom is 0.214 e. The summed E-state index contributed by atoms with van der Waals surface area (Å²) in [5.74, 6) is 2.09. The largest absolute Gasteiger partial charge is 0.493 e. The lowest BCUT2D eigenvalue weighted by atomic mass is 10.0. The lowest BCUT2D eigenvalue weighted by molar-refractivity contribution is -0.153. The summed E-state index contributed by atoms with van der Waals surface area (Å²) in [4.78, 5) is 2.28. The number of sulfonamides is 1. The van der Waals surface area contributed by atoms with E-state index < -0.39 is 10.0 Å². The van der Waals surface area contributed by atoms with Gasteiger partial charge in [0.25, 0.3) is 0 Å². The van der Waals surface area contributed by atoms with Gasteiger partial charge < -0.3 is 18.9 Å². The topological polar surface area (TPSA) is 101 Å². The molecule has 0 spiro atoms. The molecule has 2 aliphatic heterocycles. The number of hydrogen-bond donors (Lipinski definition) is 0. The van der Waals surface area contributed by atoms with Gasteiger partial charge in [-0.05, 0) is 55.5 Å². The summed E-state index contributed by atoms with van der Waals surface area (Å²) in [6.07, 6.45) is 3.40. The van der Waals surface area contributed by atoms with Gasteiger partial charge in [-0.3, -0.25) is 4.90 Å². The molecule has 2 aliphatic rings. The maximum absolute atomic E-state index is 12.9. The fourth-order valence-corrected chi connectivity index (χ4v) is 6.89. The van der Waals surface area contributed by atoms with E-state index in [-0.39, 0.29) is 24.2 Å². The number of unbranched alkanes of at least 4 members (excludes halogenated alkanes) is 1. The standard InChI is InChI=1S/C29H39N3O6S/c1-4-5-15-39(33,34)32-20-25-18-31(19-26(21-32)37-25)29(8-6-7-22-9-11-23(17-30)12-10-22)38-24-13-14-27(35-2)28(16-24)36-3/h9-14,16,25-26,29H,4-8,15,18-21H2,1-3H3. The van der Waals surface area contributed by atoms with Crippen molar-refractivity contribution in [2.75, 3.05) is 46.2 Å². The third kappa shape index (κ3) is 7.63. The molecule has 2 heterocycles. The monoisotopic (exact) mass is 557 g/mol. The summed E-state index contributed by atoms with van der Waals surface area (Å²) in [6.45, 7) is 3.92. The Balaban J connectivity index is 1.46. The van der Waals surface area contributed by atoms with Gasteiger partial charge in [0.2, 0.25) is 10.0 Å². The van der Waals surface area contributed by atoms with Crippen molar-refractivity contribution in [3.05, 3.63) is 53.6 Å². The van der Waals surface area contributed by atoms with Gasteiger partial charge in [0.05, 0.1) is 43.8 Å². The zero-order valence-corrected chi connectivity index (χ0v) is 23.9. The molecule has 0 aromatic heterocycles. The van der Waals surface area contributed by atoms with Crippen LogP contribution < -0.4 is 14.2 Å². The first-order valence-electron chi connectivity index (χ1n) is 13.6. The van der Waals surface area contributed by atoms with Crippen LogP contribution >= 0.6 is 0 Å². The van der Waals surface area contributed by atoms with Crippen LogP contribution in [0.15, 0.2) is 42.5 Å².